The zero-order valence-electron chi connectivity index (χ0n) is 19.1. The molecule has 3 aromatic rings. The molecule has 0 aliphatic heterocycles. The summed E-state index contributed by atoms with van der Waals surface area (Å²) in [5, 5.41) is 25.2. The lowest BCUT2D eigenvalue weighted by atomic mass is 10.1. The zero-order chi connectivity index (χ0) is 24.0. The number of ether oxygens (including phenoxy) is 2. The summed E-state index contributed by atoms with van der Waals surface area (Å²) in [4.78, 5) is 19.9. The van der Waals surface area contributed by atoms with Crippen LogP contribution in [0.1, 0.15) is 23.7 Å². The molecule has 1 atom stereocenters. The van der Waals surface area contributed by atoms with Gasteiger partial charge in [0.05, 0.1) is 6.61 Å². The van der Waals surface area contributed by atoms with Crippen LogP contribution in [0.4, 0.5) is 0 Å². The van der Waals surface area contributed by atoms with Gasteiger partial charge < -0.3 is 29.5 Å². The van der Waals surface area contributed by atoms with Crippen LogP contribution in [0.5, 0.6) is 11.6 Å². The molecule has 3 rings (SSSR count). The van der Waals surface area contributed by atoms with Gasteiger partial charge in [-0.15, -0.1) is 0 Å². The molecule has 3 N–H and O–H groups in total. The average molecular weight is 456 g/mol. The Morgan fingerprint density at radius 1 is 1.09 bits per heavy atom. The maximum Gasteiger partial charge on any atom is 0.258 e. The molecule has 0 saturated carbocycles. The van der Waals surface area contributed by atoms with Gasteiger partial charge in [-0.25, -0.2) is 4.98 Å². The molecule has 176 valence electrons. The molecule has 10 nitrogen and oxygen atoms in total. The third kappa shape index (κ3) is 6.27. The van der Waals surface area contributed by atoms with E-state index in [1.165, 1.54) is 0 Å². The highest BCUT2D eigenvalue weighted by Crippen LogP contribution is 2.31. The number of rotatable bonds is 10. The van der Waals surface area contributed by atoms with Gasteiger partial charge in [-0.3, -0.25) is 4.79 Å². The Hall–Kier alpha value is -3.50. The number of aromatic nitrogens is 3. The van der Waals surface area contributed by atoms with Gasteiger partial charge in [-0.2, -0.15) is 4.98 Å². The van der Waals surface area contributed by atoms with E-state index in [9.17, 15) is 9.90 Å². The van der Waals surface area contributed by atoms with Gasteiger partial charge in [-0.05, 0) is 57.0 Å². The first-order valence-corrected chi connectivity index (χ1v) is 10.6. The fourth-order valence-electron chi connectivity index (χ4n) is 3.27. The minimum atomic E-state index is -0.913. The van der Waals surface area contributed by atoms with Crippen LogP contribution in [-0.4, -0.2) is 63.7 Å². The van der Waals surface area contributed by atoms with E-state index in [4.69, 9.17) is 19.1 Å². The van der Waals surface area contributed by atoms with Crippen LogP contribution >= 0.6 is 0 Å². The number of benzene rings is 1. The van der Waals surface area contributed by atoms with Gasteiger partial charge in [0.1, 0.15) is 25.1 Å². The van der Waals surface area contributed by atoms with E-state index in [2.05, 4.69) is 20.4 Å². The van der Waals surface area contributed by atoms with E-state index < -0.39 is 18.6 Å². The van der Waals surface area contributed by atoms with Crippen molar-refractivity contribution in [1.29, 1.82) is 0 Å². The molecule has 0 aliphatic carbocycles. The molecule has 0 aliphatic rings. The Kier molecular flexibility index (Phi) is 7.96. The maximum atomic E-state index is 11.1. The van der Waals surface area contributed by atoms with E-state index in [1.54, 1.807) is 6.07 Å². The van der Waals surface area contributed by atoms with Gasteiger partial charge in [0.25, 0.3) is 5.89 Å². The van der Waals surface area contributed by atoms with Crippen LogP contribution in [0.3, 0.4) is 0 Å². The van der Waals surface area contributed by atoms with Crippen LogP contribution in [-0.2, 0) is 4.79 Å². The van der Waals surface area contributed by atoms with Gasteiger partial charge in [-0.1, -0.05) is 5.16 Å². The normalized spacial score (nSPS) is 11.8. The van der Waals surface area contributed by atoms with Crippen LogP contribution in [0.15, 0.2) is 28.8 Å². The van der Waals surface area contributed by atoms with Crippen LogP contribution < -0.4 is 14.8 Å². The molecule has 1 aromatic carbocycles. The number of hydrogen-bond acceptors (Lipinski definition) is 9. The number of amides is 1. The molecule has 2 heterocycles. The van der Waals surface area contributed by atoms with Crippen LogP contribution in [0, 0.1) is 20.8 Å². The monoisotopic (exact) mass is 456 g/mol. The van der Waals surface area contributed by atoms with Crippen molar-refractivity contribution in [2.24, 2.45) is 0 Å². The summed E-state index contributed by atoms with van der Waals surface area (Å²) in [6.07, 6.45) is -0.913. The number of carbonyl (C=O) groups excluding carboxylic acids is 1. The number of hydrogen-bond donors (Lipinski definition) is 3. The molecule has 0 radical (unpaired) electrons. The molecular weight excluding hydrogens is 428 g/mol. The smallest absolute Gasteiger partial charge is 0.258 e. The van der Waals surface area contributed by atoms with Gasteiger partial charge in [0.15, 0.2) is 0 Å². The van der Waals surface area contributed by atoms with Crippen molar-refractivity contribution in [3.63, 3.8) is 0 Å². The molecule has 0 saturated heterocycles. The first-order chi connectivity index (χ1) is 15.8. The van der Waals surface area contributed by atoms with Gasteiger partial charge >= 0.3 is 0 Å². The number of aryl methyl sites for hydroxylation is 3. The highest BCUT2D eigenvalue weighted by atomic mass is 16.5. The predicted octanol–water partition coefficient (Wildman–Crippen LogP) is 1.97. The molecule has 0 bridgehead atoms. The predicted molar refractivity (Wildman–Crippen MR) is 120 cm³/mol. The number of pyridine rings is 1. The lowest BCUT2D eigenvalue weighted by Gasteiger charge is -2.16. The Morgan fingerprint density at radius 3 is 2.48 bits per heavy atom. The van der Waals surface area contributed by atoms with Crippen molar-refractivity contribution in [1.82, 2.24) is 20.4 Å². The summed E-state index contributed by atoms with van der Waals surface area (Å²) in [6, 6.07) is 7.36. The van der Waals surface area contributed by atoms with Crippen LogP contribution in [0.25, 0.3) is 22.8 Å². The Morgan fingerprint density at radius 2 is 1.82 bits per heavy atom. The summed E-state index contributed by atoms with van der Waals surface area (Å²) < 4.78 is 16.7. The highest BCUT2D eigenvalue weighted by Gasteiger charge is 2.16. The fraction of sp³-hybridized carbons (Fsp3) is 0.391. The van der Waals surface area contributed by atoms with Gasteiger partial charge in [0.2, 0.25) is 17.6 Å². The summed E-state index contributed by atoms with van der Waals surface area (Å²) in [5.74, 6) is 1.36. The maximum absolute atomic E-state index is 11.1. The molecule has 2 aromatic heterocycles. The number of carbonyl (C=O) groups is 1. The summed E-state index contributed by atoms with van der Waals surface area (Å²) in [6.45, 7) is 7.38. The van der Waals surface area contributed by atoms with Crippen molar-refractivity contribution in [3.05, 3.63) is 41.1 Å². The summed E-state index contributed by atoms with van der Waals surface area (Å²) in [5.41, 5.74) is 3.93. The first kappa shape index (κ1) is 24.1. The zero-order valence-corrected chi connectivity index (χ0v) is 19.1. The second-order valence-electron chi connectivity index (χ2n) is 7.56. The molecule has 0 unspecified atom stereocenters. The van der Waals surface area contributed by atoms with Crippen molar-refractivity contribution in [2.45, 2.75) is 33.8 Å². The standard InChI is InChI=1S/C23H28N4O6/c1-5-31-20-9-17(8-15(4)25-20)23-26-22(27-33-23)16-6-13(2)21(14(3)7-16)32-12-18(29)10-24-19(30)11-28/h6-9,18,28-29H,5,10-12H2,1-4H3,(H,24,30)/t18-/m1/s1. The second kappa shape index (κ2) is 10.9. The van der Waals surface area contributed by atoms with Crippen molar-refractivity contribution in [2.75, 3.05) is 26.4 Å². The third-order valence-corrected chi connectivity index (χ3v) is 4.71. The Labute approximate surface area is 191 Å². The minimum absolute atomic E-state index is 0.0113. The minimum Gasteiger partial charge on any atom is -0.490 e. The highest BCUT2D eigenvalue weighted by molar-refractivity contribution is 5.76. The van der Waals surface area contributed by atoms with Crippen LogP contribution in [0.2, 0.25) is 0 Å². The average Bonchev–Trinajstić information content (AvgIpc) is 3.27. The Balaban J connectivity index is 1.74. The summed E-state index contributed by atoms with van der Waals surface area (Å²) >= 11 is 0. The lowest BCUT2D eigenvalue weighted by molar-refractivity contribution is -0.124. The van der Waals surface area contributed by atoms with Crippen molar-refractivity contribution in [3.8, 4) is 34.5 Å². The number of nitrogens with one attached hydrogen (secondary N) is 1. The molecule has 0 fully saturated rings. The molecular formula is C23H28N4O6. The summed E-state index contributed by atoms with van der Waals surface area (Å²) in [7, 11) is 0. The largest absolute Gasteiger partial charge is 0.490 e. The van der Waals surface area contributed by atoms with E-state index in [1.807, 2.05) is 45.9 Å². The number of nitrogens with zero attached hydrogens (tertiary/aromatic N) is 3. The molecule has 1 amide bonds. The quantitative estimate of drug-likeness (QED) is 0.418. The topological polar surface area (TPSA) is 140 Å². The molecule has 0 spiro atoms. The Bertz CT molecular complexity index is 1090. The van der Waals surface area contributed by atoms with E-state index in [0.717, 1.165) is 27.9 Å². The number of aliphatic hydroxyl groups excluding tert-OH is 2. The fourth-order valence-corrected chi connectivity index (χ4v) is 3.27. The van der Waals surface area contributed by atoms with E-state index in [-0.39, 0.29) is 13.2 Å². The van der Waals surface area contributed by atoms with E-state index >= 15 is 0 Å². The van der Waals surface area contributed by atoms with E-state index in [0.29, 0.717) is 30.0 Å². The first-order valence-electron chi connectivity index (χ1n) is 10.6. The van der Waals surface area contributed by atoms with Crippen molar-refractivity contribution >= 4 is 5.91 Å². The van der Waals surface area contributed by atoms with Gasteiger partial charge in [0, 0.05) is 29.4 Å². The lowest BCUT2D eigenvalue weighted by Crippen LogP contribution is -2.36. The third-order valence-electron chi connectivity index (χ3n) is 4.71. The second-order valence-corrected chi connectivity index (χ2v) is 7.56. The molecule has 33 heavy (non-hydrogen) atoms. The SMILES string of the molecule is CCOc1cc(-c2nc(-c3cc(C)c(OC[C@H](O)CNC(=O)CO)c(C)c3)no2)cc(C)n1. The van der Waals surface area contributed by atoms with Crippen molar-refractivity contribution < 1.29 is 29.0 Å². The molecule has 10 heteroatoms. The number of aliphatic hydroxyl groups is 2.